The summed E-state index contributed by atoms with van der Waals surface area (Å²) in [4.78, 5) is 25.8. The normalized spacial score (nSPS) is 15.5. The molecule has 33 heavy (non-hydrogen) atoms. The molecule has 0 unspecified atom stereocenters. The third-order valence-corrected chi connectivity index (χ3v) is 5.92. The molecule has 0 radical (unpaired) electrons. The predicted molar refractivity (Wildman–Crippen MR) is 121 cm³/mol. The maximum atomic E-state index is 13.4. The smallest absolute Gasteiger partial charge is 0.312 e. The molecule has 1 aliphatic heterocycles. The first kappa shape index (κ1) is 20.8. The molecule has 0 bridgehead atoms. The van der Waals surface area contributed by atoms with Gasteiger partial charge in [-0.15, -0.1) is 0 Å². The lowest BCUT2D eigenvalue weighted by molar-refractivity contribution is -0.135. The van der Waals surface area contributed by atoms with Crippen LogP contribution < -0.4 is 14.9 Å². The molecule has 0 spiro atoms. The molecule has 1 atom stereocenters. The standard InChI is InChI=1S/C25H22N2O6/c1-13(2)27-18(8-9-26-27)16-10-21(29)33-20-11-19(28)23-24(30)17(12-32-25(23)22(16)20)14-4-6-15(31-3)7-5-14/h4-9,11-13,16,28H,10H2,1-3H3/t16-/m0/s1. The molecule has 1 aliphatic rings. The number of aromatic nitrogens is 2. The number of carbonyl (C=O) groups excluding carboxylic acids is 1. The Morgan fingerprint density at radius 2 is 1.94 bits per heavy atom. The second-order valence-electron chi connectivity index (χ2n) is 8.24. The summed E-state index contributed by atoms with van der Waals surface area (Å²) in [6.45, 7) is 3.99. The van der Waals surface area contributed by atoms with Crippen molar-refractivity contribution in [3.8, 4) is 28.4 Å². The van der Waals surface area contributed by atoms with E-state index in [1.54, 1.807) is 37.6 Å². The molecule has 1 N–H and O–H groups in total. The lowest BCUT2D eigenvalue weighted by Gasteiger charge is -2.27. The maximum Gasteiger partial charge on any atom is 0.312 e. The number of carbonyl (C=O) groups is 1. The van der Waals surface area contributed by atoms with Gasteiger partial charge in [-0.25, -0.2) is 0 Å². The van der Waals surface area contributed by atoms with Crippen LogP contribution in [0.2, 0.25) is 0 Å². The number of hydrogen-bond donors (Lipinski definition) is 1. The van der Waals surface area contributed by atoms with Gasteiger partial charge in [-0.05, 0) is 37.6 Å². The first-order valence-corrected chi connectivity index (χ1v) is 10.6. The minimum Gasteiger partial charge on any atom is -0.507 e. The van der Waals surface area contributed by atoms with E-state index in [-0.39, 0.29) is 40.4 Å². The van der Waals surface area contributed by atoms with Crippen LogP contribution in [0, 0.1) is 0 Å². The number of ether oxygens (including phenoxy) is 2. The number of hydrogen-bond acceptors (Lipinski definition) is 7. The van der Waals surface area contributed by atoms with Crippen LogP contribution in [0.5, 0.6) is 17.2 Å². The van der Waals surface area contributed by atoms with Crippen molar-refractivity contribution in [1.29, 1.82) is 0 Å². The third-order valence-electron chi connectivity index (χ3n) is 5.92. The molecule has 168 valence electrons. The minimum atomic E-state index is -0.441. The third kappa shape index (κ3) is 3.34. The molecule has 2 aromatic heterocycles. The predicted octanol–water partition coefficient (Wildman–Crippen LogP) is 4.39. The highest BCUT2D eigenvalue weighted by atomic mass is 16.5. The van der Waals surface area contributed by atoms with E-state index < -0.39 is 11.9 Å². The summed E-state index contributed by atoms with van der Waals surface area (Å²) < 4.78 is 18.4. The fourth-order valence-corrected chi connectivity index (χ4v) is 4.39. The molecule has 8 heteroatoms. The van der Waals surface area contributed by atoms with Crippen molar-refractivity contribution in [3.05, 3.63) is 70.3 Å². The van der Waals surface area contributed by atoms with Crippen molar-refractivity contribution in [3.63, 3.8) is 0 Å². The first-order valence-electron chi connectivity index (χ1n) is 10.6. The fraction of sp³-hybridized carbons (Fsp3) is 0.240. The molecule has 3 heterocycles. The summed E-state index contributed by atoms with van der Waals surface area (Å²) in [6, 6.07) is 10.2. The number of esters is 1. The largest absolute Gasteiger partial charge is 0.507 e. The van der Waals surface area contributed by atoms with Gasteiger partial charge < -0.3 is 19.0 Å². The number of aromatic hydroxyl groups is 1. The quantitative estimate of drug-likeness (QED) is 0.366. The van der Waals surface area contributed by atoms with Crippen LogP contribution >= 0.6 is 0 Å². The molecule has 0 saturated carbocycles. The van der Waals surface area contributed by atoms with Gasteiger partial charge in [-0.1, -0.05) is 12.1 Å². The van der Waals surface area contributed by atoms with Gasteiger partial charge in [0, 0.05) is 35.5 Å². The average Bonchev–Trinajstić information content (AvgIpc) is 3.29. The number of fused-ring (bicyclic) bond motifs is 3. The lowest BCUT2D eigenvalue weighted by atomic mass is 9.87. The van der Waals surface area contributed by atoms with Crippen LogP contribution in [0.15, 0.2) is 58.1 Å². The van der Waals surface area contributed by atoms with Crippen LogP contribution in [0.3, 0.4) is 0 Å². The monoisotopic (exact) mass is 446 g/mol. The van der Waals surface area contributed by atoms with Gasteiger partial charge in [0.05, 0.1) is 19.1 Å². The van der Waals surface area contributed by atoms with Gasteiger partial charge in [0.2, 0.25) is 5.43 Å². The number of phenolic OH excluding ortho intramolecular Hbond substituents is 1. The van der Waals surface area contributed by atoms with Crippen LogP contribution in [0.25, 0.3) is 22.1 Å². The molecular formula is C25H22N2O6. The summed E-state index contributed by atoms with van der Waals surface area (Å²) in [7, 11) is 1.56. The van der Waals surface area contributed by atoms with E-state index in [1.165, 1.54) is 12.3 Å². The van der Waals surface area contributed by atoms with Crippen molar-refractivity contribution in [1.82, 2.24) is 9.78 Å². The van der Waals surface area contributed by atoms with E-state index in [0.717, 1.165) is 5.69 Å². The van der Waals surface area contributed by atoms with E-state index in [0.29, 0.717) is 22.4 Å². The second kappa shape index (κ2) is 7.81. The Balaban J connectivity index is 1.75. The fourth-order valence-electron chi connectivity index (χ4n) is 4.39. The summed E-state index contributed by atoms with van der Waals surface area (Å²) in [6.07, 6.45) is 3.12. The molecule has 4 aromatic rings. The molecule has 0 aliphatic carbocycles. The number of rotatable bonds is 4. The molecule has 5 rings (SSSR count). The number of benzene rings is 2. The lowest BCUT2D eigenvalue weighted by Crippen LogP contribution is -2.24. The first-order chi connectivity index (χ1) is 15.9. The van der Waals surface area contributed by atoms with Gasteiger partial charge >= 0.3 is 5.97 Å². The highest BCUT2D eigenvalue weighted by molar-refractivity contribution is 5.94. The van der Waals surface area contributed by atoms with Crippen LogP contribution in [-0.2, 0) is 4.79 Å². The van der Waals surface area contributed by atoms with E-state index in [2.05, 4.69) is 5.10 Å². The van der Waals surface area contributed by atoms with E-state index in [1.807, 2.05) is 24.6 Å². The molecule has 2 aromatic carbocycles. The number of phenols is 1. The SMILES string of the molecule is COc1ccc(-c2coc3c4c(cc(O)c3c2=O)OC(=O)C[C@H]4c2ccnn2C(C)C)cc1. The topological polar surface area (TPSA) is 104 Å². The molecule has 0 amide bonds. The zero-order valence-electron chi connectivity index (χ0n) is 18.4. The molecule has 8 nitrogen and oxygen atoms in total. The van der Waals surface area contributed by atoms with Gasteiger partial charge in [-0.3, -0.25) is 14.3 Å². The minimum absolute atomic E-state index is 0.0422. The van der Waals surface area contributed by atoms with E-state index in [9.17, 15) is 14.7 Å². The summed E-state index contributed by atoms with van der Waals surface area (Å²) >= 11 is 0. The van der Waals surface area contributed by atoms with Gasteiger partial charge in [0.15, 0.2) is 0 Å². The Hall–Kier alpha value is -4.07. The Bertz CT molecular complexity index is 1430. The van der Waals surface area contributed by atoms with Gasteiger partial charge in [0.25, 0.3) is 0 Å². The molecule has 0 fully saturated rings. The van der Waals surface area contributed by atoms with Crippen molar-refractivity contribution < 1.29 is 23.8 Å². The average molecular weight is 446 g/mol. The van der Waals surface area contributed by atoms with Crippen LogP contribution in [0.1, 0.15) is 43.5 Å². The highest BCUT2D eigenvalue weighted by Crippen LogP contribution is 2.45. The van der Waals surface area contributed by atoms with Crippen molar-refractivity contribution >= 4 is 16.9 Å². The van der Waals surface area contributed by atoms with E-state index in [4.69, 9.17) is 13.9 Å². The number of nitrogens with zero attached hydrogens (tertiary/aromatic N) is 2. The number of methoxy groups -OCH3 is 1. The highest BCUT2D eigenvalue weighted by Gasteiger charge is 2.35. The summed E-state index contributed by atoms with van der Waals surface area (Å²) in [5, 5.41) is 15.1. The Kier molecular flexibility index (Phi) is 4.92. The zero-order chi connectivity index (χ0) is 23.3. The Morgan fingerprint density at radius 1 is 1.18 bits per heavy atom. The molecular weight excluding hydrogens is 424 g/mol. The van der Waals surface area contributed by atoms with Gasteiger partial charge in [0.1, 0.15) is 34.5 Å². The Morgan fingerprint density at radius 3 is 2.64 bits per heavy atom. The summed E-state index contributed by atoms with van der Waals surface area (Å²) in [5.74, 6) is -0.340. The van der Waals surface area contributed by atoms with Crippen molar-refractivity contribution in [2.75, 3.05) is 7.11 Å². The second-order valence-corrected chi connectivity index (χ2v) is 8.24. The van der Waals surface area contributed by atoms with Gasteiger partial charge in [-0.2, -0.15) is 5.10 Å². The van der Waals surface area contributed by atoms with Crippen LogP contribution in [0.4, 0.5) is 0 Å². The van der Waals surface area contributed by atoms with E-state index >= 15 is 0 Å². The maximum absolute atomic E-state index is 13.4. The molecule has 0 saturated heterocycles. The van der Waals surface area contributed by atoms with Crippen LogP contribution in [-0.4, -0.2) is 28.0 Å². The summed E-state index contributed by atoms with van der Waals surface area (Å²) in [5.41, 5.74) is 2.09. The van der Waals surface area contributed by atoms with Crippen molar-refractivity contribution in [2.45, 2.75) is 32.2 Å². The zero-order valence-corrected chi connectivity index (χ0v) is 18.4. The van der Waals surface area contributed by atoms with Crippen molar-refractivity contribution in [2.24, 2.45) is 0 Å². The Labute approximate surface area is 189 Å².